The van der Waals surface area contributed by atoms with Gasteiger partial charge < -0.3 is 24.6 Å². The van der Waals surface area contributed by atoms with E-state index in [0.29, 0.717) is 24.9 Å². The number of benzene rings is 2. The van der Waals surface area contributed by atoms with Gasteiger partial charge in [-0.2, -0.15) is 0 Å². The third-order valence-electron chi connectivity index (χ3n) is 6.46. The van der Waals surface area contributed by atoms with E-state index < -0.39 is 41.9 Å². The summed E-state index contributed by atoms with van der Waals surface area (Å²) in [6.07, 6.45) is 0.484. The van der Waals surface area contributed by atoms with Crippen LogP contribution in [0.3, 0.4) is 0 Å². The van der Waals surface area contributed by atoms with Crippen LogP contribution in [0.15, 0.2) is 60.7 Å². The van der Waals surface area contributed by atoms with Crippen molar-refractivity contribution in [3.05, 3.63) is 71.8 Å². The predicted molar refractivity (Wildman–Crippen MR) is 138 cm³/mol. The Labute approximate surface area is 220 Å². The molecular weight excluding hydrogens is 496 g/mol. The number of rotatable bonds is 8. The molecule has 2 heterocycles. The number of ether oxygens (including phenoxy) is 3. The van der Waals surface area contributed by atoms with Crippen LogP contribution in [-0.2, 0) is 25.6 Å². The molecule has 2 aromatic carbocycles. The molecule has 4 rings (SSSR count). The quantitative estimate of drug-likeness (QED) is 0.503. The van der Waals surface area contributed by atoms with E-state index in [0.717, 1.165) is 5.56 Å². The van der Waals surface area contributed by atoms with Crippen LogP contribution in [0.25, 0.3) is 0 Å². The topological polar surface area (TPSA) is 114 Å². The predicted octanol–water partition coefficient (Wildman–Crippen LogP) is 2.97. The molecule has 0 spiro atoms. The highest BCUT2D eigenvalue weighted by Gasteiger charge is 2.41. The summed E-state index contributed by atoms with van der Waals surface area (Å²) in [7, 11) is 0. The van der Waals surface area contributed by atoms with Crippen molar-refractivity contribution in [2.24, 2.45) is 0 Å². The summed E-state index contributed by atoms with van der Waals surface area (Å²) in [5.41, 5.74) is 0.682. The second kappa shape index (κ2) is 12.9. The van der Waals surface area contributed by atoms with E-state index in [-0.39, 0.29) is 25.5 Å². The van der Waals surface area contributed by atoms with Crippen molar-refractivity contribution in [3.8, 4) is 0 Å². The summed E-state index contributed by atoms with van der Waals surface area (Å²) >= 11 is 1.32. The summed E-state index contributed by atoms with van der Waals surface area (Å²) in [5, 5.41) is 13.6. The van der Waals surface area contributed by atoms with Gasteiger partial charge in [-0.15, -0.1) is 11.8 Å². The second-order valence-electron chi connectivity index (χ2n) is 9.04. The molecule has 5 atom stereocenters. The molecule has 0 aromatic heterocycles. The highest BCUT2D eigenvalue weighted by molar-refractivity contribution is 7.99. The number of carbonyl (C=O) groups is 3. The van der Waals surface area contributed by atoms with Gasteiger partial charge in [0.25, 0.3) is 0 Å². The van der Waals surface area contributed by atoms with Gasteiger partial charge in [-0.1, -0.05) is 48.5 Å². The van der Waals surface area contributed by atoms with Crippen molar-refractivity contribution in [2.75, 3.05) is 19.3 Å². The Balaban J connectivity index is 1.27. The van der Waals surface area contributed by atoms with Crippen molar-refractivity contribution in [2.45, 2.75) is 55.7 Å². The van der Waals surface area contributed by atoms with Crippen LogP contribution in [0.1, 0.15) is 35.2 Å². The maximum Gasteiger partial charge on any atom is 0.410 e. The Bertz CT molecular complexity index is 1060. The first-order valence-corrected chi connectivity index (χ1v) is 13.6. The third-order valence-corrected chi connectivity index (χ3v) is 7.31. The van der Waals surface area contributed by atoms with Crippen LogP contribution in [0.5, 0.6) is 0 Å². The van der Waals surface area contributed by atoms with E-state index in [1.165, 1.54) is 16.7 Å². The lowest BCUT2D eigenvalue weighted by Gasteiger charge is -2.38. The average molecular weight is 529 g/mol. The molecule has 0 radical (unpaired) electrons. The molecule has 2 amide bonds. The van der Waals surface area contributed by atoms with Gasteiger partial charge in [-0.3, -0.25) is 9.69 Å². The zero-order chi connectivity index (χ0) is 26.2. The molecule has 10 heteroatoms. The average Bonchev–Trinajstić information content (AvgIpc) is 3.43. The zero-order valence-electron chi connectivity index (χ0n) is 20.7. The van der Waals surface area contributed by atoms with Gasteiger partial charge in [0.2, 0.25) is 5.91 Å². The molecule has 9 nitrogen and oxygen atoms in total. The highest BCUT2D eigenvalue weighted by atomic mass is 32.2. The molecule has 0 saturated carbocycles. The van der Waals surface area contributed by atoms with Crippen LogP contribution in [0.4, 0.5) is 4.79 Å². The molecule has 198 valence electrons. The Morgan fingerprint density at radius 1 is 1.11 bits per heavy atom. The zero-order valence-corrected chi connectivity index (χ0v) is 21.5. The molecule has 0 bridgehead atoms. The molecule has 37 heavy (non-hydrogen) atoms. The van der Waals surface area contributed by atoms with Crippen molar-refractivity contribution >= 4 is 29.7 Å². The summed E-state index contributed by atoms with van der Waals surface area (Å²) in [5.74, 6) is -0.815. The molecule has 2 fully saturated rings. The second-order valence-corrected chi connectivity index (χ2v) is 9.97. The van der Waals surface area contributed by atoms with Crippen LogP contribution >= 0.6 is 11.8 Å². The molecule has 0 aliphatic carbocycles. The lowest BCUT2D eigenvalue weighted by Crippen LogP contribution is -2.53. The lowest BCUT2D eigenvalue weighted by molar-refractivity contribution is -0.141. The maximum absolute atomic E-state index is 12.9. The Morgan fingerprint density at radius 2 is 1.81 bits per heavy atom. The van der Waals surface area contributed by atoms with Crippen molar-refractivity contribution in [1.29, 1.82) is 0 Å². The Kier molecular flexibility index (Phi) is 9.43. The van der Waals surface area contributed by atoms with Gasteiger partial charge in [0, 0.05) is 19.5 Å². The fourth-order valence-electron chi connectivity index (χ4n) is 4.52. The van der Waals surface area contributed by atoms with Gasteiger partial charge in [0.1, 0.15) is 18.1 Å². The normalized spacial score (nSPS) is 25.4. The van der Waals surface area contributed by atoms with Crippen LogP contribution in [0.2, 0.25) is 0 Å². The molecule has 2 aromatic rings. The van der Waals surface area contributed by atoms with E-state index in [4.69, 9.17) is 14.2 Å². The van der Waals surface area contributed by atoms with Crippen molar-refractivity contribution in [1.82, 2.24) is 10.2 Å². The molecule has 2 N–H and O–H groups in total. The molecule has 2 saturated heterocycles. The van der Waals surface area contributed by atoms with E-state index in [1.54, 1.807) is 36.6 Å². The van der Waals surface area contributed by atoms with E-state index in [9.17, 15) is 19.5 Å². The SMILES string of the molecule is CS[C@@H]1O[C@@H](CNC(=O)C2CCCN2C(=O)OCc2ccccc2)C[C@@H](O)[C@H]1OC(=O)c1ccccc1. The fourth-order valence-corrected chi connectivity index (χ4v) is 5.29. The van der Waals surface area contributed by atoms with E-state index in [2.05, 4.69) is 5.32 Å². The Morgan fingerprint density at radius 3 is 2.51 bits per heavy atom. The number of nitrogens with zero attached hydrogens (tertiary/aromatic N) is 1. The molecule has 1 unspecified atom stereocenters. The van der Waals surface area contributed by atoms with Gasteiger partial charge in [0.15, 0.2) is 6.10 Å². The van der Waals surface area contributed by atoms with Crippen LogP contribution in [0, 0.1) is 0 Å². The minimum absolute atomic E-state index is 0.143. The number of nitrogens with one attached hydrogen (secondary N) is 1. The number of aliphatic hydroxyl groups is 1. The summed E-state index contributed by atoms with van der Waals surface area (Å²) < 4.78 is 17.0. The number of hydrogen-bond acceptors (Lipinski definition) is 8. The van der Waals surface area contributed by atoms with Crippen molar-refractivity contribution < 1.29 is 33.7 Å². The smallest absolute Gasteiger partial charge is 0.410 e. The first-order chi connectivity index (χ1) is 18.0. The fraction of sp³-hybridized carbons (Fsp3) is 0.444. The third kappa shape index (κ3) is 7.03. The van der Waals surface area contributed by atoms with Crippen LogP contribution in [-0.4, -0.2) is 77.1 Å². The van der Waals surface area contributed by atoms with E-state index >= 15 is 0 Å². The summed E-state index contributed by atoms with van der Waals surface area (Å²) in [6.45, 7) is 0.757. The van der Waals surface area contributed by atoms with Gasteiger partial charge in [-0.25, -0.2) is 9.59 Å². The largest absolute Gasteiger partial charge is 0.452 e. The van der Waals surface area contributed by atoms with Gasteiger partial charge in [0.05, 0.1) is 17.8 Å². The minimum Gasteiger partial charge on any atom is -0.452 e. The highest BCUT2D eigenvalue weighted by Crippen LogP contribution is 2.29. The summed E-state index contributed by atoms with van der Waals surface area (Å²) in [4.78, 5) is 39.5. The first kappa shape index (κ1) is 27.0. The Hall–Kier alpha value is -3.08. The molecular formula is C27H32N2O7S. The number of likely N-dealkylation sites (tertiary alicyclic amines) is 1. The number of carbonyl (C=O) groups excluding carboxylic acids is 3. The van der Waals surface area contributed by atoms with Gasteiger partial charge in [-0.05, 0) is 36.8 Å². The number of thioether (sulfide) groups is 1. The number of hydrogen-bond donors (Lipinski definition) is 2. The number of esters is 1. The monoisotopic (exact) mass is 528 g/mol. The first-order valence-electron chi connectivity index (χ1n) is 12.3. The maximum atomic E-state index is 12.9. The van der Waals surface area contributed by atoms with E-state index in [1.807, 2.05) is 30.3 Å². The number of amides is 2. The lowest BCUT2D eigenvalue weighted by atomic mass is 10.0. The van der Waals surface area contributed by atoms with Gasteiger partial charge >= 0.3 is 12.1 Å². The molecule has 2 aliphatic heterocycles. The molecule has 2 aliphatic rings. The van der Waals surface area contributed by atoms with Crippen LogP contribution < -0.4 is 5.32 Å². The summed E-state index contributed by atoms with van der Waals surface area (Å²) in [6, 6.07) is 17.3. The standard InChI is InChI=1S/C27H32N2O7S/c1-37-26-23(36-25(32)19-11-6-3-7-12-19)22(30)15-20(35-26)16-28-24(31)21-13-8-14-29(21)27(33)34-17-18-9-4-2-5-10-18/h2-7,9-12,20-23,26,30H,8,13-17H2,1H3,(H,28,31)/t20-,21?,22-,23-,26+/m1/s1. The number of aliphatic hydroxyl groups excluding tert-OH is 1. The minimum atomic E-state index is -0.947. The van der Waals surface area contributed by atoms with Crippen molar-refractivity contribution in [3.63, 3.8) is 0 Å².